The molecule has 3 rings (SSSR count). The van der Waals surface area contributed by atoms with Gasteiger partial charge in [0.1, 0.15) is 0 Å². The number of aromatic nitrogens is 3. The van der Waals surface area contributed by atoms with Crippen LogP contribution in [0.5, 0.6) is 0 Å². The molecule has 0 unspecified atom stereocenters. The number of rotatable bonds is 8. The lowest BCUT2D eigenvalue weighted by Gasteiger charge is -2.10. The molecule has 1 aromatic heterocycles. The molecule has 0 atom stereocenters. The van der Waals surface area contributed by atoms with Crippen molar-refractivity contribution in [1.82, 2.24) is 14.8 Å². The molecule has 0 saturated carbocycles. The summed E-state index contributed by atoms with van der Waals surface area (Å²) in [6.45, 7) is 1.31. The number of hydrogen-bond acceptors (Lipinski definition) is 5. The summed E-state index contributed by atoms with van der Waals surface area (Å²) < 4.78 is 7.36. The molecule has 0 aliphatic carbocycles. The van der Waals surface area contributed by atoms with Gasteiger partial charge in [0, 0.05) is 28.3 Å². The zero-order valence-corrected chi connectivity index (χ0v) is 17.1. The van der Waals surface area contributed by atoms with Gasteiger partial charge in [0.25, 0.3) is 0 Å². The number of methoxy groups -OCH3 is 1. The summed E-state index contributed by atoms with van der Waals surface area (Å²) >= 11 is 9.43. The van der Waals surface area contributed by atoms with Gasteiger partial charge in [0.15, 0.2) is 11.0 Å². The number of thioether (sulfide) groups is 2. The first-order valence-corrected chi connectivity index (χ1v) is 10.7. The van der Waals surface area contributed by atoms with Crippen LogP contribution in [0.1, 0.15) is 5.56 Å². The van der Waals surface area contributed by atoms with E-state index in [0.29, 0.717) is 18.2 Å². The molecule has 26 heavy (non-hydrogen) atoms. The van der Waals surface area contributed by atoms with E-state index in [1.807, 2.05) is 24.3 Å². The Morgan fingerprint density at radius 1 is 1.04 bits per heavy atom. The van der Waals surface area contributed by atoms with Crippen LogP contribution in [0.2, 0.25) is 5.02 Å². The smallest absolute Gasteiger partial charge is 0.191 e. The maximum atomic E-state index is 6.00. The first-order valence-electron chi connectivity index (χ1n) is 8.15. The standard InChI is InChI=1S/C19H20ClN3OS2/c1-24-12-11-23-18(15-5-7-16(20)8-6-15)21-22-19(23)26-13-14-3-9-17(25-2)10-4-14/h3-10H,11-13H2,1-2H3. The Balaban J connectivity index is 1.80. The van der Waals surface area contributed by atoms with Gasteiger partial charge in [-0.2, -0.15) is 0 Å². The number of halogens is 1. The van der Waals surface area contributed by atoms with Crippen LogP contribution in [-0.2, 0) is 17.0 Å². The summed E-state index contributed by atoms with van der Waals surface area (Å²) in [5, 5.41) is 10.4. The van der Waals surface area contributed by atoms with Gasteiger partial charge in [0.05, 0.1) is 13.2 Å². The maximum absolute atomic E-state index is 6.00. The Morgan fingerprint density at radius 3 is 2.42 bits per heavy atom. The summed E-state index contributed by atoms with van der Waals surface area (Å²) in [4.78, 5) is 1.27. The Morgan fingerprint density at radius 2 is 1.77 bits per heavy atom. The van der Waals surface area contributed by atoms with Crippen LogP contribution in [-0.4, -0.2) is 34.7 Å². The lowest BCUT2D eigenvalue weighted by molar-refractivity contribution is 0.185. The summed E-state index contributed by atoms with van der Waals surface area (Å²) in [5.74, 6) is 1.68. The molecule has 0 N–H and O–H groups in total. The van der Waals surface area contributed by atoms with Gasteiger partial charge in [-0.15, -0.1) is 22.0 Å². The van der Waals surface area contributed by atoms with Gasteiger partial charge < -0.3 is 4.74 Å². The van der Waals surface area contributed by atoms with E-state index in [-0.39, 0.29) is 0 Å². The molecule has 0 aliphatic heterocycles. The predicted molar refractivity (Wildman–Crippen MR) is 110 cm³/mol. The van der Waals surface area contributed by atoms with Crippen molar-refractivity contribution >= 4 is 35.1 Å². The maximum Gasteiger partial charge on any atom is 0.191 e. The second-order valence-electron chi connectivity index (χ2n) is 5.59. The number of benzene rings is 2. The van der Waals surface area contributed by atoms with Crippen molar-refractivity contribution < 1.29 is 4.74 Å². The number of nitrogens with zero attached hydrogens (tertiary/aromatic N) is 3. The molecule has 0 aliphatic rings. The molecule has 0 amide bonds. The molecule has 1 heterocycles. The highest BCUT2D eigenvalue weighted by Crippen LogP contribution is 2.27. The molecule has 0 saturated heterocycles. The van der Waals surface area contributed by atoms with E-state index in [0.717, 1.165) is 22.3 Å². The quantitative estimate of drug-likeness (QED) is 0.478. The van der Waals surface area contributed by atoms with Gasteiger partial charge in [-0.3, -0.25) is 4.57 Å². The van der Waals surface area contributed by atoms with Gasteiger partial charge >= 0.3 is 0 Å². The normalized spacial score (nSPS) is 11.0. The Bertz CT molecular complexity index is 835. The molecular formula is C19H20ClN3OS2. The average Bonchev–Trinajstić information content (AvgIpc) is 3.08. The minimum absolute atomic E-state index is 0.606. The fourth-order valence-electron chi connectivity index (χ4n) is 2.46. The van der Waals surface area contributed by atoms with E-state index in [4.69, 9.17) is 16.3 Å². The van der Waals surface area contributed by atoms with Gasteiger partial charge in [0.2, 0.25) is 0 Å². The minimum Gasteiger partial charge on any atom is -0.383 e. The monoisotopic (exact) mass is 405 g/mol. The third kappa shape index (κ3) is 4.82. The van der Waals surface area contributed by atoms with Gasteiger partial charge in [-0.05, 0) is 48.2 Å². The number of hydrogen-bond donors (Lipinski definition) is 0. The second kappa shape index (κ2) is 9.46. The predicted octanol–water partition coefficient (Wildman–Crippen LogP) is 5.26. The van der Waals surface area contributed by atoms with Crippen molar-refractivity contribution in [2.45, 2.75) is 22.3 Å². The van der Waals surface area contributed by atoms with Crippen LogP contribution < -0.4 is 0 Å². The van der Waals surface area contributed by atoms with E-state index in [1.165, 1.54) is 10.5 Å². The number of ether oxygens (including phenoxy) is 1. The SMILES string of the molecule is COCCn1c(SCc2ccc(SC)cc2)nnc1-c1ccc(Cl)cc1. The molecular weight excluding hydrogens is 386 g/mol. The second-order valence-corrected chi connectivity index (χ2v) is 7.85. The molecule has 7 heteroatoms. The Labute approximate surface area is 167 Å². The third-order valence-corrected chi connectivity index (χ3v) is 5.90. The van der Waals surface area contributed by atoms with Crippen LogP contribution in [0.15, 0.2) is 58.6 Å². The average molecular weight is 406 g/mol. The van der Waals surface area contributed by atoms with E-state index < -0.39 is 0 Å². The molecule has 3 aromatic rings. The third-order valence-electron chi connectivity index (χ3n) is 3.87. The Hall–Kier alpha value is -1.47. The van der Waals surface area contributed by atoms with Crippen LogP contribution in [0.3, 0.4) is 0 Å². The molecule has 136 valence electrons. The molecule has 2 aromatic carbocycles. The highest BCUT2D eigenvalue weighted by atomic mass is 35.5. The lowest BCUT2D eigenvalue weighted by atomic mass is 10.2. The van der Waals surface area contributed by atoms with Crippen molar-refractivity contribution in [3.63, 3.8) is 0 Å². The van der Waals surface area contributed by atoms with Crippen LogP contribution in [0.4, 0.5) is 0 Å². The van der Waals surface area contributed by atoms with E-state index in [9.17, 15) is 0 Å². The molecule has 0 spiro atoms. The van der Waals surface area contributed by atoms with Crippen LogP contribution in [0, 0.1) is 0 Å². The zero-order chi connectivity index (χ0) is 18.4. The molecule has 0 radical (unpaired) electrons. The lowest BCUT2D eigenvalue weighted by Crippen LogP contribution is -2.07. The van der Waals surface area contributed by atoms with E-state index in [2.05, 4.69) is 45.3 Å². The topological polar surface area (TPSA) is 39.9 Å². The van der Waals surface area contributed by atoms with Crippen LogP contribution in [0.25, 0.3) is 11.4 Å². The summed E-state index contributed by atoms with van der Waals surface area (Å²) in [6.07, 6.45) is 2.08. The van der Waals surface area contributed by atoms with Crippen molar-refractivity contribution in [1.29, 1.82) is 0 Å². The fraction of sp³-hybridized carbons (Fsp3) is 0.263. The van der Waals surface area contributed by atoms with E-state index >= 15 is 0 Å². The van der Waals surface area contributed by atoms with Gasteiger partial charge in [-0.1, -0.05) is 35.5 Å². The zero-order valence-electron chi connectivity index (χ0n) is 14.7. The fourth-order valence-corrected chi connectivity index (χ4v) is 3.92. The molecule has 0 bridgehead atoms. The van der Waals surface area contributed by atoms with E-state index in [1.54, 1.807) is 30.6 Å². The van der Waals surface area contributed by atoms with Crippen molar-refractivity contribution in [2.24, 2.45) is 0 Å². The first kappa shape index (κ1) is 19.3. The highest BCUT2D eigenvalue weighted by molar-refractivity contribution is 7.98. The molecule has 0 fully saturated rings. The van der Waals surface area contributed by atoms with Crippen molar-refractivity contribution in [3.05, 3.63) is 59.1 Å². The molecule has 4 nitrogen and oxygen atoms in total. The largest absolute Gasteiger partial charge is 0.383 e. The minimum atomic E-state index is 0.606. The van der Waals surface area contributed by atoms with Crippen molar-refractivity contribution in [3.8, 4) is 11.4 Å². The van der Waals surface area contributed by atoms with Gasteiger partial charge in [-0.25, -0.2) is 0 Å². The van der Waals surface area contributed by atoms with Crippen molar-refractivity contribution in [2.75, 3.05) is 20.0 Å². The summed E-state index contributed by atoms with van der Waals surface area (Å²) in [5.41, 5.74) is 2.26. The highest BCUT2D eigenvalue weighted by Gasteiger charge is 2.14. The summed E-state index contributed by atoms with van der Waals surface area (Å²) in [6, 6.07) is 16.3. The first-order chi connectivity index (χ1) is 12.7. The Kier molecular flexibility index (Phi) is 7.02. The van der Waals surface area contributed by atoms with Crippen LogP contribution >= 0.6 is 35.1 Å². The summed E-state index contributed by atoms with van der Waals surface area (Å²) in [7, 11) is 1.70.